The Morgan fingerprint density at radius 1 is 1.42 bits per heavy atom. The highest BCUT2D eigenvalue weighted by atomic mass is 16.3. The van der Waals surface area contributed by atoms with Crippen molar-refractivity contribution in [1.82, 2.24) is 0 Å². The van der Waals surface area contributed by atoms with E-state index >= 15 is 0 Å². The van der Waals surface area contributed by atoms with Gasteiger partial charge in [-0.15, -0.1) is 0 Å². The van der Waals surface area contributed by atoms with Crippen LogP contribution in [0.5, 0.6) is 5.75 Å². The summed E-state index contributed by atoms with van der Waals surface area (Å²) in [5, 5.41) is 9.38. The van der Waals surface area contributed by atoms with Gasteiger partial charge in [0.25, 0.3) is 0 Å². The van der Waals surface area contributed by atoms with Crippen molar-refractivity contribution in [3.8, 4) is 5.75 Å². The summed E-state index contributed by atoms with van der Waals surface area (Å²) < 4.78 is 0. The molecule has 0 radical (unpaired) electrons. The first-order valence-electron chi connectivity index (χ1n) is 4.22. The van der Waals surface area contributed by atoms with Crippen LogP contribution in [0.2, 0.25) is 0 Å². The minimum Gasteiger partial charge on any atom is -0.508 e. The molecule has 0 saturated heterocycles. The molecule has 12 heavy (non-hydrogen) atoms. The Bertz CT molecular complexity index is 245. The second-order valence-electron chi connectivity index (χ2n) is 3.14. The molecular weight excluding hydrogens is 150 g/mol. The summed E-state index contributed by atoms with van der Waals surface area (Å²) in [4.78, 5) is 0. The van der Waals surface area contributed by atoms with Crippen LogP contribution in [0.3, 0.4) is 0 Å². The summed E-state index contributed by atoms with van der Waals surface area (Å²) in [7, 11) is 0. The lowest BCUT2D eigenvalue weighted by molar-refractivity contribution is 0.466. The fraction of sp³-hybridized carbons (Fsp3) is 0.400. The van der Waals surface area contributed by atoms with Gasteiger partial charge < -0.3 is 10.8 Å². The first kappa shape index (κ1) is 9.07. The zero-order valence-electron chi connectivity index (χ0n) is 7.33. The number of hydrogen-bond donors (Lipinski definition) is 2. The molecule has 3 N–H and O–H groups in total. The van der Waals surface area contributed by atoms with Crippen LogP contribution in [0.4, 0.5) is 0 Å². The van der Waals surface area contributed by atoms with Crippen molar-refractivity contribution in [3.05, 3.63) is 29.8 Å². The second kappa shape index (κ2) is 4.12. The van der Waals surface area contributed by atoms with Gasteiger partial charge in [0, 0.05) is 6.04 Å². The zero-order chi connectivity index (χ0) is 8.97. The van der Waals surface area contributed by atoms with E-state index in [1.165, 1.54) is 0 Å². The third-order valence-electron chi connectivity index (χ3n) is 1.86. The fourth-order valence-corrected chi connectivity index (χ4v) is 1.11. The van der Waals surface area contributed by atoms with Gasteiger partial charge in [0.05, 0.1) is 0 Å². The third-order valence-corrected chi connectivity index (χ3v) is 1.86. The molecule has 0 aliphatic rings. The Kier molecular flexibility index (Phi) is 3.11. The van der Waals surface area contributed by atoms with Crippen LogP contribution in [0.1, 0.15) is 18.9 Å². The molecule has 0 spiro atoms. The van der Waals surface area contributed by atoms with Crippen LogP contribution in [-0.2, 0) is 6.42 Å². The van der Waals surface area contributed by atoms with E-state index in [0.29, 0.717) is 5.75 Å². The number of phenolic OH excluding ortho intramolecular Hbond substituents is 1. The molecule has 0 amide bonds. The smallest absolute Gasteiger partial charge is 0.118 e. The molecule has 0 fully saturated rings. The summed E-state index contributed by atoms with van der Waals surface area (Å²) >= 11 is 0. The van der Waals surface area contributed by atoms with Crippen molar-refractivity contribution in [2.45, 2.75) is 25.8 Å². The number of phenols is 1. The largest absolute Gasteiger partial charge is 0.508 e. The molecule has 2 heteroatoms. The van der Waals surface area contributed by atoms with E-state index in [1.807, 2.05) is 25.1 Å². The maximum Gasteiger partial charge on any atom is 0.118 e. The highest BCUT2D eigenvalue weighted by Crippen LogP contribution is 2.17. The van der Waals surface area contributed by atoms with E-state index in [-0.39, 0.29) is 6.04 Å². The van der Waals surface area contributed by atoms with Gasteiger partial charge in [-0.1, -0.05) is 18.2 Å². The molecule has 1 aromatic carbocycles. The summed E-state index contributed by atoms with van der Waals surface area (Å²) in [5.74, 6) is 0.373. The van der Waals surface area contributed by atoms with E-state index in [1.54, 1.807) is 6.07 Å². The van der Waals surface area contributed by atoms with Gasteiger partial charge in [-0.3, -0.25) is 0 Å². The molecule has 2 nitrogen and oxygen atoms in total. The molecule has 0 bridgehead atoms. The molecule has 0 aliphatic heterocycles. The average molecular weight is 165 g/mol. The van der Waals surface area contributed by atoms with E-state index in [2.05, 4.69) is 0 Å². The predicted molar refractivity (Wildman–Crippen MR) is 50.1 cm³/mol. The van der Waals surface area contributed by atoms with Gasteiger partial charge in [-0.25, -0.2) is 0 Å². The van der Waals surface area contributed by atoms with Crippen LogP contribution in [-0.4, -0.2) is 11.1 Å². The van der Waals surface area contributed by atoms with Crippen molar-refractivity contribution < 1.29 is 5.11 Å². The van der Waals surface area contributed by atoms with Crippen LogP contribution in [0, 0.1) is 0 Å². The molecule has 0 heterocycles. The standard InChI is InChI=1S/C10H15NO/c1-8(11)6-7-9-4-2-3-5-10(9)12/h2-5,8,12H,6-7,11H2,1H3/t8-/m1/s1. The van der Waals surface area contributed by atoms with Crippen molar-refractivity contribution in [1.29, 1.82) is 0 Å². The molecular formula is C10H15NO. The first-order chi connectivity index (χ1) is 5.70. The Balaban J connectivity index is 2.57. The Hall–Kier alpha value is -1.02. The SMILES string of the molecule is C[C@@H](N)CCc1ccccc1O. The fourth-order valence-electron chi connectivity index (χ4n) is 1.11. The summed E-state index contributed by atoms with van der Waals surface area (Å²) in [6.07, 6.45) is 1.77. The molecule has 0 saturated carbocycles. The normalized spacial score (nSPS) is 12.8. The Morgan fingerprint density at radius 3 is 2.67 bits per heavy atom. The second-order valence-corrected chi connectivity index (χ2v) is 3.14. The lowest BCUT2D eigenvalue weighted by atomic mass is 10.1. The number of rotatable bonds is 3. The molecule has 1 atom stereocenters. The third kappa shape index (κ3) is 2.55. The number of para-hydroxylation sites is 1. The van der Waals surface area contributed by atoms with Gasteiger partial charge in [-0.05, 0) is 31.4 Å². The summed E-state index contributed by atoms with van der Waals surface area (Å²) in [6.45, 7) is 1.97. The number of hydrogen-bond acceptors (Lipinski definition) is 2. The summed E-state index contributed by atoms with van der Waals surface area (Å²) in [6, 6.07) is 7.58. The minimum absolute atomic E-state index is 0.199. The number of aromatic hydroxyl groups is 1. The van der Waals surface area contributed by atoms with Gasteiger partial charge in [0.15, 0.2) is 0 Å². The van der Waals surface area contributed by atoms with E-state index in [0.717, 1.165) is 18.4 Å². The van der Waals surface area contributed by atoms with Gasteiger partial charge in [0.1, 0.15) is 5.75 Å². The monoisotopic (exact) mass is 165 g/mol. The average Bonchev–Trinajstić information content (AvgIpc) is 2.03. The van der Waals surface area contributed by atoms with Gasteiger partial charge in [-0.2, -0.15) is 0 Å². The quantitative estimate of drug-likeness (QED) is 0.715. The molecule has 0 aliphatic carbocycles. The molecule has 0 aromatic heterocycles. The maximum atomic E-state index is 9.38. The Morgan fingerprint density at radius 2 is 2.08 bits per heavy atom. The highest BCUT2D eigenvalue weighted by Gasteiger charge is 2.00. The van der Waals surface area contributed by atoms with Crippen LogP contribution >= 0.6 is 0 Å². The van der Waals surface area contributed by atoms with Gasteiger partial charge >= 0.3 is 0 Å². The van der Waals surface area contributed by atoms with Crippen molar-refractivity contribution in [3.63, 3.8) is 0 Å². The van der Waals surface area contributed by atoms with Gasteiger partial charge in [0.2, 0.25) is 0 Å². The van der Waals surface area contributed by atoms with Crippen molar-refractivity contribution in [2.75, 3.05) is 0 Å². The molecule has 0 unspecified atom stereocenters. The Labute approximate surface area is 73.0 Å². The first-order valence-corrected chi connectivity index (χ1v) is 4.22. The van der Waals surface area contributed by atoms with Crippen LogP contribution in [0.15, 0.2) is 24.3 Å². The van der Waals surface area contributed by atoms with E-state index in [9.17, 15) is 5.11 Å². The summed E-state index contributed by atoms with van der Waals surface area (Å²) in [5.41, 5.74) is 6.59. The van der Waals surface area contributed by atoms with E-state index < -0.39 is 0 Å². The number of nitrogens with two attached hydrogens (primary N) is 1. The van der Waals surface area contributed by atoms with E-state index in [4.69, 9.17) is 5.73 Å². The van der Waals surface area contributed by atoms with Crippen molar-refractivity contribution >= 4 is 0 Å². The van der Waals surface area contributed by atoms with Crippen LogP contribution in [0.25, 0.3) is 0 Å². The zero-order valence-corrected chi connectivity index (χ0v) is 7.33. The lowest BCUT2D eigenvalue weighted by Crippen LogP contribution is -2.15. The number of benzene rings is 1. The lowest BCUT2D eigenvalue weighted by Gasteiger charge is -2.05. The van der Waals surface area contributed by atoms with Crippen molar-refractivity contribution in [2.24, 2.45) is 5.73 Å². The maximum absolute atomic E-state index is 9.38. The molecule has 1 rings (SSSR count). The van der Waals surface area contributed by atoms with Crippen LogP contribution < -0.4 is 5.73 Å². The number of aryl methyl sites for hydroxylation is 1. The predicted octanol–water partition coefficient (Wildman–Crippen LogP) is 1.67. The minimum atomic E-state index is 0.199. The molecule has 1 aromatic rings. The molecule has 66 valence electrons. The highest BCUT2D eigenvalue weighted by molar-refractivity contribution is 5.31. The topological polar surface area (TPSA) is 46.2 Å².